The zero-order valence-electron chi connectivity index (χ0n) is 19.3. The molecule has 182 valence electrons. The average molecular weight is 481 g/mol. The molecular weight excluding hydrogens is 445 g/mol. The molecule has 4 nitrogen and oxygen atoms in total. The number of likely N-dealkylation sites (tertiary alicyclic amines) is 2. The topological polar surface area (TPSA) is 22.6 Å². The van der Waals surface area contributed by atoms with E-state index in [2.05, 4.69) is 20.9 Å². The molecule has 1 aromatic heterocycles. The van der Waals surface area contributed by atoms with Crippen LogP contribution in [-0.2, 0) is 5.41 Å². The van der Waals surface area contributed by atoms with Crippen LogP contribution < -0.4 is 0 Å². The highest BCUT2D eigenvalue weighted by molar-refractivity contribution is 8.02. The second-order valence-electron chi connectivity index (χ2n) is 10.2. The normalized spacial score (nSPS) is 27.8. The number of rotatable bonds is 5. The van der Waals surface area contributed by atoms with Crippen molar-refractivity contribution in [3.05, 3.63) is 41.2 Å². The molecule has 0 amide bonds. The fraction of sp³-hybridized carbons (Fsp3) is 0.720. The maximum Gasteiger partial charge on any atom is 0.431 e. The second-order valence-corrected chi connectivity index (χ2v) is 11.1. The van der Waals surface area contributed by atoms with E-state index in [9.17, 15) is 13.2 Å². The minimum atomic E-state index is -4.33. The lowest BCUT2D eigenvalue weighted by molar-refractivity contribution is -0.118. The van der Waals surface area contributed by atoms with Crippen molar-refractivity contribution in [3.63, 3.8) is 0 Å². The maximum atomic E-state index is 14.1. The molecule has 1 aromatic rings. The van der Waals surface area contributed by atoms with Gasteiger partial charge in [-0.1, -0.05) is 37.1 Å². The van der Waals surface area contributed by atoms with Gasteiger partial charge in [0.1, 0.15) is 11.2 Å². The number of pyridine rings is 1. The van der Waals surface area contributed by atoms with Gasteiger partial charge in [-0.15, -0.1) is 0 Å². The van der Waals surface area contributed by atoms with Crippen LogP contribution in [0.1, 0.15) is 63.4 Å². The molecule has 3 aliphatic heterocycles. The summed E-state index contributed by atoms with van der Waals surface area (Å²) in [4.78, 5) is 10.9. The standard InChI is InChI=1S/C25H35F3N4S/c26-25(27,28)22-18-33-23(31-15-8-21(9-16-31)30-13-4-5-14-30)32(22)19-24(10-2-1-3-11-24)20-7-6-12-29-17-20/h6-7,12,17-18,21,23H,1-5,8-11,13-16,19H2. The molecule has 5 rings (SSSR count). The summed E-state index contributed by atoms with van der Waals surface area (Å²) in [7, 11) is 0. The highest BCUT2D eigenvalue weighted by atomic mass is 32.2. The van der Waals surface area contributed by atoms with Crippen LogP contribution in [0.15, 0.2) is 35.6 Å². The lowest BCUT2D eigenvalue weighted by Gasteiger charge is -2.47. The highest BCUT2D eigenvalue weighted by Gasteiger charge is 2.49. The molecule has 2 saturated heterocycles. The van der Waals surface area contributed by atoms with E-state index in [4.69, 9.17) is 0 Å². The van der Waals surface area contributed by atoms with E-state index >= 15 is 0 Å². The lowest BCUT2D eigenvalue weighted by atomic mass is 9.69. The fourth-order valence-corrected chi connectivity index (χ4v) is 7.65. The van der Waals surface area contributed by atoms with E-state index in [1.165, 1.54) is 43.1 Å². The molecule has 1 unspecified atom stereocenters. The molecule has 1 aliphatic carbocycles. The molecular formula is C25H35F3N4S. The van der Waals surface area contributed by atoms with Gasteiger partial charge in [-0.3, -0.25) is 9.88 Å². The Morgan fingerprint density at radius 1 is 0.970 bits per heavy atom. The maximum absolute atomic E-state index is 14.1. The van der Waals surface area contributed by atoms with Crippen molar-refractivity contribution in [2.75, 3.05) is 32.7 Å². The molecule has 3 fully saturated rings. The van der Waals surface area contributed by atoms with Gasteiger partial charge >= 0.3 is 6.18 Å². The number of hydrogen-bond acceptors (Lipinski definition) is 5. The Balaban J connectivity index is 1.36. The summed E-state index contributed by atoms with van der Waals surface area (Å²) in [5.74, 6) is 0. The number of halogens is 3. The molecule has 4 heterocycles. The average Bonchev–Trinajstić information content (AvgIpc) is 3.51. The Morgan fingerprint density at radius 3 is 2.33 bits per heavy atom. The number of hydrogen-bond donors (Lipinski definition) is 0. The number of allylic oxidation sites excluding steroid dienone is 1. The Hall–Kier alpha value is -1.25. The van der Waals surface area contributed by atoms with Crippen LogP contribution >= 0.6 is 11.8 Å². The monoisotopic (exact) mass is 480 g/mol. The lowest BCUT2D eigenvalue weighted by Crippen LogP contribution is -2.54. The number of piperidine rings is 1. The van der Waals surface area contributed by atoms with E-state index < -0.39 is 11.9 Å². The van der Waals surface area contributed by atoms with Crippen molar-refractivity contribution in [1.82, 2.24) is 19.7 Å². The number of nitrogens with zero attached hydrogens (tertiary/aromatic N) is 4. The Kier molecular flexibility index (Phi) is 6.96. The van der Waals surface area contributed by atoms with Crippen LogP contribution in [0.3, 0.4) is 0 Å². The largest absolute Gasteiger partial charge is 0.431 e. The van der Waals surface area contributed by atoms with Crippen molar-refractivity contribution in [2.45, 2.75) is 80.9 Å². The summed E-state index contributed by atoms with van der Waals surface area (Å²) in [6, 6.07) is 4.58. The van der Waals surface area contributed by atoms with Gasteiger partial charge in [-0.25, -0.2) is 0 Å². The molecule has 1 saturated carbocycles. The molecule has 33 heavy (non-hydrogen) atoms. The number of alkyl halides is 3. The minimum Gasteiger partial charge on any atom is -0.341 e. The van der Waals surface area contributed by atoms with Gasteiger partial charge in [0.25, 0.3) is 0 Å². The fourth-order valence-electron chi connectivity index (χ4n) is 6.41. The van der Waals surface area contributed by atoms with E-state index in [1.54, 1.807) is 11.1 Å². The Bertz CT molecular complexity index is 811. The first-order valence-electron chi connectivity index (χ1n) is 12.5. The van der Waals surface area contributed by atoms with Gasteiger partial charge < -0.3 is 9.80 Å². The smallest absolute Gasteiger partial charge is 0.341 e. The zero-order valence-corrected chi connectivity index (χ0v) is 20.1. The van der Waals surface area contributed by atoms with Gasteiger partial charge in [0, 0.05) is 48.9 Å². The summed E-state index contributed by atoms with van der Waals surface area (Å²) in [6.45, 7) is 4.51. The van der Waals surface area contributed by atoms with E-state index in [0.29, 0.717) is 12.6 Å². The van der Waals surface area contributed by atoms with Crippen LogP contribution in [-0.4, -0.2) is 70.1 Å². The number of aromatic nitrogens is 1. The van der Waals surface area contributed by atoms with Crippen molar-refractivity contribution in [1.29, 1.82) is 0 Å². The highest BCUT2D eigenvalue weighted by Crippen LogP contribution is 2.47. The molecule has 4 aliphatic rings. The van der Waals surface area contributed by atoms with Crippen molar-refractivity contribution in [3.8, 4) is 0 Å². The van der Waals surface area contributed by atoms with E-state index in [1.807, 2.05) is 12.3 Å². The van der Waals surface area contributed by atoms with E-state index in [0.717, 1.165) is 63.6 Å². The molecule has 0 spiro atoms. The van der Waals surface area contributed by atoms with Gasteiger partial charge in [-0.05, 0) is 63.2 Å². The first kappa shape index (κ1) is 23.5. The third-order valence-electron chi connectivity index (χ3n) is 8.19. The van der Waals surface area contributed by atoms with E-state index in [-0.39, 0.29) is 10.9 Å². The first-order chi connectivity index (χ1) is 16.0. The molecule has 0 aromatic carbocycles. The summed E-state index contributed by atoms with van der Waals surface area (Å²) in [5.41, 5.74) is 0.0904. The van der Waals surface area contributed by atoms with Crippen LogP contribution in [0, 0.1) is 0 Å². The quantitative estimate of drug-likeness (QED) is 0.547. The number of thioether (sulfide) groups is 1. The summed E-state index contributed by atoms with van der Waals surface area (Å²) >= 11 is 1.35. The molecule has 1 atom stereocenters. The summed E-state index contributed by atoms with van der Waals surface area (Å²) < 4.78 is 42.4. The predicted octanol–water partition coefficient (Wildman–Crippen LogP) is 5.58. The third-order valence-corrected chi connectivity index (χ3v) is 9.35. The van der Waals surface area contributed by atoms with Crippen molar-refractivity contribution >= 4 is 11.8 Å². The SMILES string of the molecule is FC(F)(F)C1=CSC(N2CCC(N3CCCC3)CC2)N1CC1(c2cccnc2)CCCCC1. The predicted molar refractivity (Wildman–Crippen MR) is 127 cm³/mol. The Morgan fingerprint density at radius 2 is 1.70 bits per heavy atom. The zero-order chi connectivity index (χ0) is 22.9. The van der Waals surface area contributed by atoms with Gasteiger partial charge in [0.05, 0.1) is 0 Å². The molecule has 8 heteroatoms. The third kappa shape index (κ3) is 4.94. The molecule has 0 N–H and O–H groups in total. The Labute approximate surface area is 199 Å². The summed E-state index contributed by atoms with van der Waals surface area (Å²) in [6.07, 6.45) is 9.10. The summed E-state index contributed by atoms with van der Waals surface area (Å²) in [5, 5.41) is 1.37. The van der Waals surface area contributed by atoms with Crippen molar-refractivity contribution < 1.29 is 13.2 Å². The van der Waals surface area contributed by atoms with Crippen LogP contribution in [0.4, 0.5) is 13.2 Å². The van der Waals surface area contributed by atoms with Gasteiger partial charge in [0.15, 0.2) is 0 Å². The molecule has 0 radical (unpaired) electrons. The second kappa shape index (κ2) is 9.78. The van der Waals surface area contributed by atoms with Gasteiger partial charge in [0.2, 0.25) is 0 Å². The van der Waals surface area contributed by atoms with Crippen LogP contribution in [0.2, 0.25) is 0 Å². The van der Waals surface area contributed by atoms with Gasteiger partial charge in [-0.2, -0.15) is 13.2 Å². The molecule has 0 bridgehead atoms. The van der Waals surface area contributed by atoms with Crippen LogP contribution in [0.5, 0.6) is 0 Å². The van der Waals surface area contributed by atoms with Crippen molar-refractivity contribution in [2.24, 2.45) is 0 Å². The first-order valence-corrected chi connectivity index (χ1v) is 13.5. The van der Waals surface area contributed by atoms with Crippen LogP contribution in [0.25, 0.3) is 0 Å². The minimum absolute atomic E-state index is 0.267.